The molecule has 0 saturated heterocycles. The van der Waals surface area contributed by atoms with Gasteiger partial charge in [-0.05, 0) is 42.3 Å². The number of benzene rings is 2. The van der Waals surface area contributed by atoms with E-state index < -0.39 is 0 Å². The summed E-state index contributed by atoms with van der Waals surface area (Å²) in [4.78, 5) is 12.4. The molecule has 0 radical (unpaired) electrons. The van der Waals surface area contributed by atoms with Crippen molar-refractivity contribution in [3.05, 3.63) is 63.7 Å². The molecule has 0 aliphatic rings. The Morgan fingerprint density at radius 3 is 2.50 bits per heavy atom. The van der Waals surface area contributed by atoms with Gasteiger partial charge in [-0.1, -0.05) is 18.7 Å². The SMILES string of the molecule is CCc1cc([N+](=O)[O-])ccc1Sc1ccc(C#N)cc1. The molecule has 20 heavy (non-hydrogen) atoms. The van der Waals surface area contributed by atoms with Gasteiger partial charge in [0.25, 0.3) is 5.69 Å². The molecule has 2 aromatic rings. The molecule has 4 nitrogen and oxygen atoms in total. The summed E-state index contributed by atoms with van der Waals surface area (Å²) in [5.74, 6) is 0. The molecule has 0 N–H and O–H groups in total. The molecule has 0 atom stereocenters. The summed E-state index contributed by atoms with van der Waals surface area (Å²) in [7, 11) is 0. The Balaban J connectivity index is 2.28. The molecule has 0 aromatic heterocycles. The van der Waals surface area contributed by atoms with Crippen molar-refractivity contribution in [2.45, 2.75) is 23.1 Å². The van der Waals surface area contributed by atoms with Gasteiger partial charge in [-0.25, -0.2) is 0 Å². The van der Waals surface area contributed by atoms with Gasteiger partial charge in [0.05, 0.1) is 16.6 Å². The predicted octanol–water partition coefficient (Wildman–Crippen LogP) is 4.18. The van der Waals surface area contributed by atoms with Crippen LogP contribution in [0.2, 0.25) is 0 Å². The maximum absolute atomic E-state index is 10.8. The number of rotatable bonds is 4. The Bertz CT molecular complexity index is 675. The van der Waals surface area contributed by atoms with Crippen molar-refractivity contribution >= 4 is 17.4 Å². The van der Waals surface area contributed by atoms with Crippen molar-refractivity contribution in [1.29, 1.82) is 5.26 Å². The minimum Gasteiger partial charge on any atom is -0.258 e. The van der Waals surface area contributed by atoms with Crippen molar-refractivity contribution in [3.8, 4) is 6.07 Å². The second kappa shape index (κ2) is 6.22. The van der Waals surface area contributed by atoms with Gasteiger partial charge in [0, 0.05) is 21.9 Å². The largest absolute Gasteiger partial charge is 0.269 e. The van der Waals surface area contributed by atoms with Gasteiger partial charge >= 0.3 is 0 Å². The van der Waals surface area contributed by atoms with Crippen molar-refractivity contribution in [2.75, 3.05) is 0 Å². The van der Waals surface area contributed by atoms with Gasteiger partial charge in [0.15, 0.2) is 0 Å². The van der Waals surface area contributed by atoms with E-state index >= 15 is 0 Å². The molecule has 0 spiro atoms. The molecular weight excluding hydrogens is 272 g/mol. The first-order valence-corrected chi connectivity index (χ1v) is 6.91. The summed E-state index contributed by atoms with van der Waals surface area (Å²) in [5, 5.41) is 19.5. The first-order valence-electron chi connectivity index (χ1n) is 6.09. The molecule has 0 heterocycles. The summed E-state index contributed by atoms with van der Waals surface area (Å²) in [5.41, 5.74) is 1.69. The second-order valence-electron chi connectivity index (χ2n) is 4.14. The molecule has 100 valence electrons. The second-order valence-corrected chi connectivity index (χ2v) is 5.26. The summed E-state index contributed by atoms with van der Waals surface area (Å²) in [6.45, 7) is 1.97. The fourth-order valence-corrected chi connectivity index (χ4v) is 2.78. The van der Waals surface area contributed by atoms with Crippen molar-refractivity contribution in [2.24, 2.45) is 0 Å². The van der Waals surface area contributed by atoms with Gasteiger partial charge in [-0.3, -0.25) is 10.1 Å². The van der Waals surface area contributed by atoms with E-state index in [4.69, 9.17) is 5.26 Å². The summed E-state index contributed by atoms with van der Waals surface area (Å²) in [6.07, 6.45) is 0.736. The average molecular weight is 284 g/mol. The minimum atomic E-state index is -0.380. The topological polar surface area (TPSA) is 66.9 Å². The molecule has 2 rings (SSSR count). The van der Waals surface area contributed by atoms with Gasteiger partial charge < -0.3 is 0 Å². The third kappa shape index (κ3) is 3.16. The lowest BCUT2D eigenvalue weighted by atomic mass is 10.1. The van der Waals surface area contributed by atoms with Crippen LogP contribution in [0.1, 0.15) is 18.1 Å². The number of aryl methyl sites for hydroxylation is 1. The van der Waals surface area contributed by atoms with Crippen LogP contribution < -0.4 is 0 Å². The van der Waals surface area contributed by atoms with Crippen molar-refractivity contribution in [3.63, 3.8) is 0 Å². The van der Waals surface area contributed by atoms with E-state index in [9.17, 15) is 10.1 Å². The summed E-state index contributed by atoms with van der Waals surface area (Å²) in [6, 6.07) is 14.3. The highest BCUT2D eigenvalue weighted by molar-refractivity contribution is 7.99. The van der Waals surface area contributed by atoms with Crippen LogP contribution in [0.15, 0.2) is 52.3 Å². The number of non-ortho nitro benzene ring substituents is 1. The molecule has 0 aliphatic heterocycles. The van der Waals surface area contributed by atoms with E-state index in [0.717, 1.165) is 21.8 Å². The number of nitro benzene ring substituents is 1. The number of hydrogen-bond donors (Lipinski definition) is 0. The molecular formula is C15H12N2O2S. The number of hydrogen-bond acceptors (Lipinski definition) is 4. The van der Waals surface area contributed by atoms with Crippen LogP contribution in [0.4, 0.5) is 5.69 Å². The zero-order valence-corrected chi connectivity index (χ0v) is 11.7. The Hall–Kier alpha value is -2.32. The lowest BCUT2D eigenvalue weighted by molar-refractivity contribution is -0.385. The third-order valence-corrected chi connectivity index (χ3v) is 3.97. The highest BCUT2D eigenvalue weighted by atomic mass is 32.2. The van der Waals surface area contributed by atoms with Gasteiger partial charge in [0.2, 0.25) is 0 Å². The lowest BCUT2D eigenvalue weighted by Crippen LogP contribution is -1.92. The van der Waals surface area contributed by atoms with E-state index in [1.54, 1.807) is 36.0 Å². The van der Waals surface area contributed by atoms with Crippen LogP contribution in [0, 0.1) is 21.4 Å². The van der Waals surface area contributed by atoms with E-state index in [1.807, 2.05) is 19.1 Å². The highest BCUT2D eigenvalue weighted by Gasteiger charge is 2.10. The Kier molecular flexibility index (Phi) is 4.38. The van der Waals surface area contributed by atoms with Gasteiger partial charge in [0.1, 0.15) is 0 Å². The molecule has 0 unspecified atom stereocenters. The van der Waals surface area contributed by atoms with E-state index in [1.165, 1.54) is 6.07 Å². The van der Waals surface area contributed by atoms with Crippen LogP contribution in [-0.4, -0.2) is 4.92 Å². The number of nitrogens with zero attached hydrogens (tertiary/aromatic N) is 2. The first kappa shape index (κ1) is 14.1. The molecule has 0 aliphatic carbocycles. The smallest absolute Gasteiger partial charge is 0.258 e. The van der Waals surface area contributed by atoms with Gasteiger partial charge in [-0.15, -0.1) is 0 Å². The quantitative estimate of drug-likeness (QED) is 0.624. The standard InChI is InChI=1S/C15H12N2O2S/c1-2-12-9-13(17(18)19)5-8-15(12)20-14-6-3-11(10-16)4-7-14/h3-9H,2H2,1H3. The van der Waals surface area contributed by atoms with E-state index in [2.05, 4.69) is 6.07 Å². The maximum atomic E-state index is 10.8. The minimum absolute atomic E-state index is 0.117. The summed E-state index contributed by atoms with van der Waals surface area (Å²) < 4.78 is 0. The third-order valence-electron chi connectivity index (χ3n) is 2.85. The van der Waals surface area contributed by atoms with E-state index in [-0.39, 0.29) is 10.6 Å². The van der Waals surface area contributed by atoms with E-state index in [0.29, 0.717) is 5.56 Å². The molecule has 5 heteroatoms. The summed E-state index contributed by atoms with van der Waals surface area (Å²) >= 11 is 1.55. The molecule has 0 fully saturated rings. The normalized spacial score (nSPS) is 10.0. The fraction of sp³-hybridized carbons (Fsp3) is 0.133. The van der Waals surface area contributed by atoms with Gasteiger partial charge in [-0.2, -0.15) is 5.26 Å². The number of nitro groups is 1. The Morgan fingerprint density at radius 1 is 1.25 bits per heavy atom. The highest BCUT2D eigenvalue weighted by Crippen LogP contribution is 2.32. The Morgan fingerprint density at radius 2 is 1.95 bits per heavy atom. The molecule has 2 aromatic carbocycles. The predicted molar refractivity (Wildman–Crippen MR) is 77.8 cm³/mol. The van der Waals surface area contributed by atoms with Crippen LogP contribution in [-0.2, 0) is 6.42 Å². The zero-order valence-electron chi connectivity index (χ0n) is 10.9. The van der Waals surface area contributed by atoms with Crippen LogP contribution >= 0.6 is 11.8 Å². The van der Waals surface area contributed by atoms with Crippen molar-refractivity contribution < 1.29 is 4.92 Å². The zero-order chi connectivity index (χ0) is 14.5. The average Bonchev–Trinajstić information content (AvgIpc) is 2.48. The lowest BCUT2D eigenvalue weighted by Gasteiger charge is -2.07. The number of nitriles is 1. The molecule has 0 amide bonds. The van der Waals surface area contributed by atoms with Crippen LogP contribution in [0.5, 0.6) is 0 Å². The van der Waals surface area contributed by atoms with Crippen LogP contribution in [0.25, 0.3) is 0 Å². The first-order chi connectivity index (χ1) is 9.63. The molecule has 0 bridgehead atoms. The maximum Gasteiger partial charge on any atom is 0.269 e. The monoisotopic (exact) mass is 284 g/mol. The van der Waals surface area contributed by atoms with Crippen LogP contribution in [0.3, 0.4) is 0 Å². The fourth-order valence-electron chi connectivity index (χ4n) is 1.78. The Labute approximate surface area is 121 Å². The molecule has 0 saturated carbocycles. The van der Waals surface area contributed by atoms with Crippen molar-refractivity contribution in [1.82, 2.24) is 0 Å².